The molecule has 0 heterocycles. The number of allylic oxidation sites excluding steroid dienone is 3. The molecule has 3 fully saturated rings. The summed E-state index contributed by atoms with van der Waals surface area (Å²) in [5.41, 5.74) is 0. The molecule has 0 nitrogen and oxygen atoms in total. The average molecular weight is 357 g/mol. The van der Waals surface area contributed by atoms with Crippen molar-refractivity contribution < 1.29 is 0 Å². The molecule has 0 heteroatoms. The van der Waals surface area contributed by atoms with Crippen LogP contribution in [0.3, 0.4) is 0 Å². The molecule has 0 saturated heterocycles. The second-order valence-electron chi connectivity index (χ2n) is 9.89. The van der Waals surface area contributed by atoms with Gasteiger partial charge in [-0.05, 0) is 113 Å². The van der Waals surface area contributed by atoms with Gasteiger partial charge < -0.3 is 0 Å². The van der Waals surface area contributed by atoms with Crippen LogP contribution in [0.15, 0.2) is 24.8 Å². The van der Waals surface area contributed by atoms with E-state index in [9.17, 15) is 0 Å². The van der Waals surface area contributed by atoms with Crippen molar-refractivity contribution in [1.29, 1.82) is 0 Å². The first-order valence-electron chi connectivity index (χ1n) is 12.1. The molecule has 0 radical (unpaired) electrons. The minimum Gasteiger partial charge on any atom is -0.103 e. The van der Waals surface area contributed by atoms with Gasteiger partial charge in [0, 0.05) is 0 Å². The number of hydrogen-bond acceptors (Lipinski definition) is 0. The Morgan fingerprint density at radius 3 is 1.81 bits per heavy atom. The molecule has 26 heavy (non-hydrogen) atoms. The monoisotopic (exact) mass is 356 g/mol. The Morgan fingerprint density at radius 2 is 1.23 bits per heavy atom. The third kappa shape index (κ3) is 6.00. The lowest BCUT2D eigenvalue weighted by Crippen LogP contribution is -2.25. The highest BCUT2D eigenvalue weighted by molar-refractivity contribution is 4.93. The van der Waals surface area contributed by atoms with E-state index in [1.165, 1.54) is 96.3 Å². The van der Waals surface area contributed by atoms with Crippen molar-refractivity contribution in [2.75, 3.05) is 0 Å². The highest BCUT2D eigenvalue weighted by Crippen LogP contribution is 2.42. The Kier molecular flexibility index (Phi) is 8.34. The lowest BCUT2D eigenvalue weighted by molar-refractivity contribution is 0.154. The van der Waals surface area contributed by atoms with Crippen LogP contribution in [0.25, 0.3) is 0 Å². The van der Waals surface area contributed by atoms with Crippen LogP contribution in [-0.2, 0) is 0 Å². The molecule has 0 unspecified atom stereocenters. The summed E-state index contributed by atoms with van der Waals surface area (Å²) in [6.07, 6.45) is 29.2. The first-order valence-corrected chi connectivity index (χ1v) is 12.1. The second-order valence-corrected chi connectivity index (χ2v) is 9.89. The highest BCUT2D eigenvalue weighted by atomic mass is 14.3. The fourth-order valence-electron chi connectivity index (χ4n) is 6.21. The first kappa shape index (κ1) is 20.2. The van der Waals surface area contributed by atoms with Crippen molar-refractivity contribution in [1.82, 2.24) is 0 Å². The van der Waals surface area contributed by atoms with Crippen LogP contribution >= 0.6 is 0 Å². The van der Waals surface area contributed by atoms with Crippen molar-refractivity contribution in [3.8, 4) is 0 Å². The zero-order chi connectivity index (χ0) is 18.2. The van der Waals surface area contributed by atoms with Crippen molar-refractivity contribution in [2.45, 2.75) is 103 Å². The van der Waals surface area contributed by atoms with Gasteiger partial charge in [-0.15, -0.1) is 6.58 Å². The van der Waals surface area contributed by atoms with Gasteiger partial charge in [0.15, 0.2) is 0 Å². The number of hydrogen-bond donors (Lipinski definition) is 0. The van der Waals surface area contributed by atoms with E-state index in [0.717, 1.165) is 35.5 Å². The molecule has 0 spiro atoms. The molecule has 0 aromatic carbocycles. The largest absolute Gasteiger partial charge is 0.103 e. The predicted molar refractivity (Wildman–Crippen MR) is 115 cm³/mol. The van der Waals surface area contributed by atoms with E-state index in [4.69, 9.17) is 0 Å². The standard InChI is InChI=1S/C26H44/c1-3-21-9-11-23(12-10-21)7-5-6-8-24-15-19-26(20-16-24)25-17-13-22(4-2)14-18-25/h3,6,8,21-26H,1,4-5,7,9-20H2,2H3. The molecule has 3 aliphatic carbocycles. The van der Waals surface area contributed by atoms with E-state index >= 15 is 0 Å². The third-order valence-corrected chi connectivity index (χ3v) is 8.33. The Bertz CT molecular complexity index is 409. The Balaban J connectivity index is 1.28. The maximum Gasteiger partial charge on any atom is -0.0233 e. The zero-order valence-corrected chi connectivity index (χ0v) is 17.5. The summed E-state index contributed by atoms with van der Waals surface area (Å²) in [7, 11) is 0. The van der Waals surface area contributed by atoms with Crippen molar-refractivity contribution in [2.24, 2.45) is 35.5 Å². The van der Waals surface area contributed by atoms with Gasteiger partial charge in [0.1, 0.15) is 0 Å². The van der Waals surface area contributed by atoms with Gasteiger partial charge in [0.25, 0.3) is 0 Å². The minimum atomic E-state index is 0.814. The van der Waals surface area contributed by atoms with E-state index in [0.29, 0.717) is 0 Å². The summed E-state index contributed by atoms with van der Waals surface area (Å²) < 4.78 is 0. The van der Waals surface area contributed by atoms with E-state index in [2.05, 4.69) is 31.7 Å². The summed E-state index contributed by atoms with van der Waals surface area (Å²) >= 11 is 0. The van der Waals surface area contributed by atoms with Crippen LogP contribution in [0, 0.1) is 35.5 Å². The van der Waals surface area contributed by atoms with E-state index < -0.39 is 0 Å². The topological polar surface area (TPSA) is 0 Å². The summed E-state index contributed by atoms with van der Waals surface area (Å²) in [6.45, 7) is 6.35. The van der Waals surface area contributed by atoms with Gasteiger partial charge in [-0.3, -0.25) is 0 Å². The lowest BCUT2D eigenvalue weighted by atomic mass is 9.69. The molecule has 148 valence electrons. The molecule has 0 bridgehead atoms. The quantitative estimate of drug-likeness (QED) is 0.402. The molecule has 3 aliphatic rings. The molecule has 0 amide bonds. The lowest BCUT2D eigenvalue weighted by Gasteiger charge is -2.37. The summed E-state index contributed by atoms with van der Waals surface area (Å²) in [5.74, 6) is 5.90. The molecular formula is C26H44. The molecule has 3 saturated carbocycles. The summed E-state index contributed by atoms with van der Waals surface area (Å²) in [6, 6.07) is 0. The fraction of sp³-hybridized carbons (Fsp3) is 0.846. The maximum absolute atomic E-state index is 3.97. The van der Waals surface area contributed by atoms with Crippen molar-refractivity contribution in [3.63, 3.8) is 0 Å². The molecule has 3 rings (SSSR count). The van der Waals surface area contributed by atoms with E-state index in [1.807, 2.05) is 0 Å². The Morgan fingerprint density at radius 1 is 0.692 bits per heavy atom. The number of rotatable bonds is 7. The van der Waals surface area contributed by atoms with Gasteiger partial charge in [-0.25, -0.2) is 0 Å². The van der Waals surface area contributed by atoms with Gasteiger partial charge in [-0.1, -0.05) is 44.4 Å². The van der Waals surface area contributed by atoms with Crippen LogP contribution in [0.2, 0.25) is 0 Å². The van der Waals surface area contributed by atoms with E-state index in [-0.39, 0.29) is 0 Å². The smallest absolute Gasteiger partial charge is 0.0233 e. The second kappa shape index (κ2) is 10.7. The van der Waals surface area contributed by atoms with Crippen molar-refractivity contribution in [3.05, 3.63) is 24.8 Å². The van der Waals surface area contributed by atoms with Gasteiger partial charge in [0.05, 0.1) is 0 Å². The maximum atomic E-state index is 3.97. The Hall–Kier alpha value is -0.520. The van der Waals surface area contributed by atoms with Gasteiger partial charge in [0.2, 0.25) is 0 Å². The van der Waals surface area contributed by atoms with Crippen LogP contribution in [0.4, 0.5) is 0 Å². The molecule has 0 atom stereocenters. The minimum absolute atomic E-state index is 0.814. The molecule has 0 aliphatic heterocycles. The Labute approximate surface area is 163 Å². The fourth-order valence-corrected chi connectivity index (χ4v) is 6.21. The SMILES string of the molecule is C=CC1CCC(CCC=CC2CCC(C3CCC(CC)CC3)CC2)CC1. The van der Waals surface area contributed by atoms with Gasteiger partial charge >= 0.3 is 0 Å². The van der Waals surface area contributed by atoms with E-state index in [1.54, 1.807) is 0 Å². The molecule has 0 aromatic heterocycles. The predicted octanol–water partition coefficient (Wildman–Crippen LogP) is 8.34. The first-order chi connectivity index (χ1) is 12.8. The van der Waals surface area contributed by atoms with Gasteiger partial charge in [-0.2, -0.15) is 0 Å². The zero-order valence-electron chi connectivity index (χ0n) is 17.5. The summed E-state index contributed by atoms with van der Waals surface area (Å²) in [5, 5.41) is 0. The van der Waals surface area contributed by atoms with Crippen LogP contribution in [0.5, 0.6) is 0 Å². The summed E-state index contributed by atoms with van der Waals surface area (Å²) in [4.78, 5) is 0. The van der Waals surface area contributed by atoms with Crippen LogP contribution < -0.4 is 0 Å². The van der Waals surface area contributed by atoms with Crippen LogP contribution in [0.1, 0.15) is 103 Å². The normalized spacial score (nSPS) is 39.1. The average Bonchev–Trinajstić information content (AvgIpc) is 2.72. The third-order valence-electron chi connectivity index (χ3n) is 8.33. The molecular weight excluding hydrogens is 312 g/mol. The van der Waals surface area contributed by atoms with Crippen LogP contribution in [-0.4, -0.2) is 0 Å². The van der Waals surface area contributed by atoms with Crippen molar-refractivity contribution >= 4 is 0 Å². The molecule has 0 aromatic rings. The highest BCUT2D eigenvalue weighted by Gasteiger charge is 2.29. The molecule has 0 N–H and O–H groups in total.